The van der Waals surface area contributed by atoms with Crippen LogP contribution in [0.3, 0.4) is 0 Å². The van der Waals surface area contributed by atoms with E-state index in [1.165, 1.54) is 0 Å². The van der Waals surface area contributed by atoms with Gasteiger partial charge in [-0.2, -0.15) is 16.7 Å². The number of aromatic nitrogens is 2. The summed E-state index contributed by atoms with van der Waals surface area (Å²) in [7, 11) is 0. The van der Waals surface area contributed by atoms with Crippen LogP contribution in [0.5, 0.6) is 0 Å². The second kappa shape index (κ2) is 9.09. The van der Waals surface area contributed by atoms with Gasteiger partial charge >= 0.3 is 0 Å². The van der Waals surface area contributed by atoms with Crippen molar-refractivity contribution in [1.82, 2.24) is 15.3 Å². The third-order valence-electron chi connectivity index (χ3n) is 4.20. The molecule has 1 aliphatic rings. The number of rotatable bonds is 7. The van der Waals surface area contributed by atoms with Crippen molar-refractivity contribution in [3.8, 4) is 0 Å². The van der Waals surface area contributed by atoms with Crippen LogP contribution in [0.15, 0.2) is 36.5 Å². The first kappa shape index (κ1) is 18.8. The fourth-order valence-electron chi connectivity index (χ4n) is 2.93. The molecule has 2 N–H and O–H groups in total. The molecule has 1 aromatic carbocycles. The highest BCUT2D eigenvalue weighted by atomic mass is 35.5. The van der Waals surface area contributed by atoms with E-state index < -0.39 is 0 Å². The Hall–Kier alpha value is -1.99. The van der Waals surface area contributed by atoms with E-state index in [1.807, 2.05) is 35.4 Å². The number of halogens is 1. The smallest absolute Gasteiger partial charge is 0.242 e. The van der Waals surface area contributed by atoms with Crippen LogP contribution in [0, 0.1) is 0 Å². The third kappa shape index (κ3) is 4.59. The first-order valence-electron chi connectivity index (χ1n) is 8.57. The largest absolute Gasteiger partial charge is 0.353 e. The molecule has 0 aliphatic carbocycles. The van der Waals surface area contributed by atoms with Crippen LogP contribution in [-0.4, -0.2) is 47.0 Å². The molecule has 3 rings (SSSR count). The summed E-state index contributed by atoms with van der Waals surface area (Å²) in [6.07, 6.45) is 5.49. The second-order valence-electron chi connectivity index (χ2n) is 5.98. The predicted molar refractivity (Wildman–Crippen MR) is 109 cm³/mol. The van der Waals surface area contributed by atoms with E-state index in [9.17, 15) is 4.79 Å². The average Bonchev–Trinajstić information content (AvgIpc) is 3.14. The Bertz CT molecular complexity index is 760. The molecule has 1 amide bonds. The maximum absolute atomic E-state index is 12.5. The van der Waals surface area contributed by atoms with Gasteiger partial charge in [-0.25, -0.2) is 4.98 Å². The zero-order valence-electron chi connectivity index (χ0n) is 14.6. The van der Waals surface area contributed by atoms with E-state index in [2.05, 4.69) is 20.6 Å². The number of nitrogens with one attached hydrogen (secondary N) is 2. The molecule has 0 saturated carbocycles. The average molecular weight is 392 g/mol. The van der Waals surface area contributed by atoms with Gasteiger partial charge in [0.15, 0.2) is 0 Å². The predicted octanol–water partition coefficient (Wildman–Crippen LogP) is 3.32. The molecule has 6 nitrogen and oxygen atoms in total. The second-order valence-corrected chi connectivity index (χ2v) is 7.37. The SMILES string of the molecule is CSCCNC(=O)[C@@H]1CCCN1c1nccc(Nc2ccccc2Cl)n1. The van der Waals surface area contributed by atoms with E-state index in [4.69, 9.17) is 11.6 Å². The van der Waals surface area contributed by atoms with Crippen molar-refractivity contribution < 1.29 is 4.79 Å². The lowest BCUT2D eigenvalue weighted by atomic mass is 10.2. The lowest BCUT2D eigenvalue weighted by molar-refractivity contribution is -0.122. The first-order chi connectivity index (χ1) is 12.7. The molecule has 2 heterocycles. The summed E-state index contributed by atoms with van der Waals surface area (Å²) in [6.45, 7) is 1.45. The zero-order chi connectivity index (χ0) is 18.4. The van der Waals surface area contributed by atoms with E-state index in [1.54, 1.807) is 24.0 Å². The van der Waals surface area contributed by atoms with E-state index in [0.717, 1.165) is 30.8 Å². The van der Waals surface area contributed by atoms with Gasteiger partial charge in [-0.1, -0.05) is 23.7 Å². The minimum Gasteiger partial charge on any atom is -0.353 e. The summed E-state index contributed by atoms with van der Waals surface area (Å²) in [6, 6.07) is 9.07. The van der Waals surface area contributed by atoms with Crippen LogP contribution in [0.25, 0.3) is 0 Å². The Morgan fingerprint density at radius 1 is 1.38 bits per heavy atom. The minimum absolute atomic E-state index is 0.0459. The normalized spacial score (nSPS) is 16.5. The van der Waals surface area contributed by atoms with Crippen LogP contribution < -0.4 is 15.5 Å². The van der Waals surface area contributed by atoms with Crippen molar-refractivity contribution in [1.29, 1.82) is 0 Å². The molecule has 138 valence electrons. The highest BCUT2D eigenvalue weighted by Crippen LogP contribution is 2.26. The fraction of sp³-hybridized carbons (Fsp3) is 0.389. The van der Waals surface area contributed by atoms with Gasteiger partial charge in [-0.3, -0.25) is 4.79 Å². The number of carbonyl (C=O) groups is 1. The molecular weight excluding hydrogens is 370 g/mol. The van der Waals surface area contributed by atoms with E-state index in [-0.39, 0.29) is 11.9 Å². The standard InChI is InChI=1S/C18H22ClN5OS/c1-26-12-10-20-17(25)15-7-4-11-24(15)18-21-9-8-16(23-18)22-14-6-3-2-5-13(14)19/h2-3,5-6,8-9,15H,4,7,10-12H2,1H3,(H,20,25)(H,21,22,23)/t15-/m0/s1. The number of hydrogen-bond donors (Lipinski definition) is 2. The van der Waals surface area contributed by atoms with Crippen molar-refractivity contribution in [2.75, 3.05) is 35.3 Å². The van der Waals surface area contributed by atoms with Gasteiger partial charge in [0.25, 0.3) is 0 Å². The molecule has 2 aromatic rings. The molecule has 1 aromatic heterocycles. The van der Waals surface area contributed by atoms with Gasteiger partial charge in [0.1, 0.15) is 11.9 Å². The van der Waals surface area contributed by atoms with E-state index in [0.29, 0.717) is 23.3 Å². The van der Waals surface area contributed by atoms with Crippen molar-refractivity contribution in [2.45, 2.75) is 18.9 Å². The molecule has 0 unspecified atom stereocenters. The van der Waals surface area contributed by atoms with E-state index >= 15 is 0 Å². The fourth-order valence-corrected chi connectivity index (χ4v) is 3.42. The number of nitrogens with zero attached hydrogens (tertiary/aromatic N) is 3. The third-order valence-corrected chi connectivity index (χ3v) is 5.14. The highest BCUT2D eigenvalue weighted by Gasteiger charge is 2.32. The van der Waals surface area contributed by atoms with Crippen LogP contribution in [0.1, 0.15) is 12.8 Å². The topological polar surface area (TPSA) is 70.2 Å². The molecular formula is C18H22ClN5OS. The molecule has 0 bridgehead atoms. The van der Waals surface area contributed by atoms with Crippen molar-refractivity contribution in [3.63, 3.8) is 0 Å². The lowest BCUT2D eigenvalue weighted by Gasteiger charge is -2.24. The van der Waals surface area contributed by atoms with Crippen LogP contribution >= 0.6 is 23.4 Å². The molecule has 0 spiro atoms. The minimum atomic E-state index is -0.215. The Kier molecular flexibility index (Phi) is 6.57. The van der Waals surface area contributed by atoms with Crippen LogP contribution in [-0.2, 0) is 4.79 Å². The van der Waals surface area contributed by atoms with Gasteiger partial charge in [0.2, 0.25) is 11.9 Å². The number of anilines is 3. The monoisotopic (exact) mass is 391 g/mol. The van der Waals surface area contributed by atoms with Gasteiger partial charge in [0.05, 0.1) is 10.7 Å². The van der Waals surface area contributed by atoms with Gasteiger partial charge < -0.3 is 15.5 Å². The number of amides is 1. The summed E-state index contributed by atoms with van der Waals surface area (Å²) in [5, 5.41) is 6.83. The molecule has 1 fully saturated rings. The van der Waals surface area contributed by atoms with Gasteiger partial charge in [-0.15, -0.1) is 0 Å². The summed E-state index contributed by atoms with van der Waals surface area (Å²) in [5.41, 5.74) is 0.784. The number of hydrogen-bond acceptors (Lipinski definition) is 6. The molecule has 1 saturated heterocycles. The Morgan fingerprint density at radius 2 is 2.23 bits per heavy atom. The summed E-state index contributed by atoms with van der Waals surface area (Å²) < 4.78 is 0. The first-order valence-corrected chi connectivity index (χ1v) is 10.3. The highest BCUT2D eigenvalue weighted by molar-refractivity contribution is 7.98. The zero-order valence-corrected chi connectivity index (χ0v) is 16.2. The number of carbonyl (C=O) groups excluding carboxylic acids is 1. The molecule has 26 heavy (non-hydrogen) atoms. The number of benzene rings is 1. The van der Waals surface area contributed by atoms with Crippen molar-refractivity contribution in [2.24, 2.45) is 0 Å². The van der Waals surface area contributed by atoms with Crippen LogP contribution in [0.2, 0.25) is 5.02 Å². The molecule has 0 radical (unpaired) electrons. The van der Waals surface area contributed by atoms with Crippen molar-refractivity contribution >= 4 is 46.7 Å². The number of para-hydroxylation sites is 1. The maximum Gasteiger partial charge on any atom is 0.242 e. The summed E-state index contributed by atoms with van der Waals surface area (Å²) in [4.78, 5) is 23.4. The quantitative estimate of drug-likeness (QED) is 0.705. The summed E-state index contributed by atoms with van der Waals surface area (Å²) >= 11 is 7.91. The number of thioether (sulfide) groups is 1. The van der Waals surface area contributed by atoms with Gasteiger partial charge in [-0.05, 0) is 37.3 Å². The Labute approximate surface area is 162 Å². The van der Waals surface area contributed by atoms with Crippen molar-refractivity contribution in [3.05, 3.63) is 41.6 Å². The Balaban J connectivity index is 1.72. The lowest BCUT2D eigenvalue weighted by Crippen LogP contribution is -2.44. The molecule has 1 atom stereocenters. The molecule has 8 heteroatoms. The molecule has 1 aliphatic heterocycles. The maximum atomic E-state index is 12.5. The van der Waals surface area contributed by atoms with Crippen LogP contribution in [0.4, 0.5) is 17.5 Å². The van der Waals surface area contributed by atoms with Gasteiger partial charge in [0, 0.05) is 25.0 Å². The summed E-state index contributed by atoms with van der Waals surface area (Å²) in [5.74, 6) is 2.16. The Morgan fingerprint density at radius 3 is 3.04 bits per heavy atom.